The molecule has 1 aromatic rings. The normalized spacial score (nSPS) is 22.1. The first kappa shape index (κ1) is 9.66. The number of halogens is 1. The third kappa shape index (κ3) is 1.55. The lowest BCUT2D eigenvalue weighted by Crippen LogP contribution is -2.15. The average Bonchev–Trinajstić information content (AvgIpc) is 2.62. The van der Waals surface area contributed by atoms with Crippen LogP contribution < -0.4 is 0 Å². The smallest absolute Gasteiger partial charge is 0.126 e. The molecule has 76 valence electrons. The second-order valence-electron chi connectivity index (χ2n) is 4.21. The Labute approximate surface area is 83.6 Å². The van der Waals surface area contributed by atoms with Crippen molar-refractivity contribution in [3.8, 4) is 0 Å². The summed E-state index contributed by atoms with van der Waals surface area (Å²) in [7, 11) is 0. The molecule has 0 amide bonds. The molecular weight excluding hydrogens is 179 g/mol. The number of aliphatic hydroxyl groups excluding tert-OH is 1. The van der Waals surface area contributed by atoms with Crippen LogP contribution in [0.3, 0.4) is 0 Å². The summed E-state index contributed by atoms with van der Waals surface area (Å²) in [6.45, 7) is 2.22. The van der Waals surface area contributed by atoms with Crippen molar-refractivity contribution < 1.29 is 9.50 Å². The van der Waals surface area contributed by atoms with E-state index >= 15 is 0 Å². The Bertz CT molecular complexity index is 335. The summed E-state index contributed by atoms with van der Waals surface area (Å²) < 4.78 is 13.4. The number of rotatable bonds is 2. The highest BCUT2D eigenvalue weighted by molar-refractivity contribution is 5.33. The van der Waals surface area contributed by atoms with Gasteiger partial charge in [-0.25, -0.2) is 4.39 Å². The molecule has 1 N–H and O–H groups in total. The largest absolute Gasteiger partial charge is 0.396 e. The van der Waals surface area contributed by atoms with Gasteiger partial charge in [0.25, 0.3) is 0 Å². The SMILES string of the molecule is CC(CO)C1Cc2cccc(F)c2C1. The Kier molecular flexibility index (Phi) is 2.55. The van der Waals surface area contributed by atoms with E-state index in [1.165, 1.54) is 6.07 Å². The summed E-state index contributed by atoms with van der Waals surface area (Å²) in [5.74, 6) is 0.587. The molecule has 1 aliphatic carbocycles. The van der Waals surface area contributed by atoms with Gasteiger partial charge in [0.2, 0.25) is 0 Å². The van der Waals surface area contributed by atoms with Crippen molar-refractivity contribution in [2.75, 3.05) is 6.61 Å². The first-order valence-electron chi connectivity index (χ1n) is 5.09. The van der Waals surface area contributed by atoms with Crippen LogP contribution in [0.5, 0.6) is 0 Å². The van der Waals surface area contributed by atoms with Gasteiger partial charge in [-0.05, 0) is 41.9 Å². The van der Waals surface area contributed by atoms with E-state index in [1.807, 2.05) is 13.0 Å². The Balaban J connectivity index is 2.22. The average molecular weight is 194 g/mol. The second-order valence-corrected chi connectivity index (χ2v) is 4.21. The summed E-state index contributed by atoms with van der Waals surface area (Å²) in [4.78, 5) is 0. The van der Waals surface area contributed by atoms with E-state index in [-0.39, 0.29) is 18.3 Å². The molecule has 0 heterocycles. The van der Waals surface area contributed by atoms with Gasteiger partial charge in [0.15, 0.2) is 0 Å². The maximum absolute atomic E-state index is 13.4. The summed E-state index contributed by atoms with van der Waals surface area (Å²) >= 11 is 0. The van der Waals surface area contributed by atoms with E-state index in [9.17, 15) is 4.39 Å². The van der Waals surface area contributed by atoms with Crippen LogP contribution in [-0.2, 0) is 12.8 Å². The molecule has 0 saturated carbocycles. The molecule has 0 saturated heterocycles. The van der Waals surface area contributed by atoms with Gasteiger partial charge in [0.05, 0.1) is 0 Å². The fraction of sp³-hybridized carbons (Fsp3) is 0.500. The van der Waals surface area contributed by atoms with E-state index in [2.05, 4.69) is 0 Å². The van der Waals surface area contributed by atoms with Gasteiger partial charge in [-0.2, -0.15) is 0 Å². The number of fused-ring (bicyclic) bond motifs is 1. The van der Waals surface area contributed by atoms with Crippen LogP contribution in [0.15, 0.2) is 18.2 Å². The summed E-state index contributed by atoms with van der Waals surface area (Å²) in [5.41, 5.74) is 1.98. The zero-order valence-corrected chi connectivity index (χ0v) is 8.33. The Morgan fingerprint density at radius 1 is 1.50 bits per heavy atom. The lowest BCUT2D eigenvalue weighted by Gasteiger charge is -2.15. The highest BCUT2D eigenvalue weighted by atomic mass is 19.1. The van der Waals surface area contributed by atoms with E-state index in [0.29, 0.717) is 5.92 Å². The molecule has 2 unspecified atom stereocenters. The lowest BCUT2D eigenvalue weighted by molar-refractivity contribution is 0.191. The maximum Gasteiger partial charge on any atom is 0.126 e. The predicted octanol–water partition coefficient (Wildman–Crippen LogP) is 2.17. The highest BCUT2D eigenvalue weighted by Crippen LogP contribution is 2.32. The quantitative estimate of drug-likeness (QED) is 0.765. The predicted molar refractivity (Wildman–Crippen MR) is 53.5 cm³/mol. The van der Waals surface area contributed by atoms with E-state index in [0.717, 1.165) is 24.0 Å². The Hall–Kier alpha value is -0.890. The number of hydrogen-bond donors (Lipinski definition) is 1. The standard InChI is InChI=1S/C12H15FO/c1-8(7-14)10-5-9-3-2-4-12(13)11(9)6-10/h2-4,8,10,14H,5-7H2,1H3. The van der Waals surface area contributed by atoms with Crippen molar-refractivity contribution in [1.82, 2.24) is 0 Å². The second kappa shape index (κ2) is 3.70. The van der Waals surface area contributed by atoms with Crippen molar-refractivity contribution in [1.29, 1.82) is 0 Å². The van der Waals surface area contributed by atoms with Gasteiger partial charge in [0, 0.05) is 6.61 Å². The van der Waals surface area contributed by atoms with Crippen LogP contribution in [0.2, 0.25) is 0 Å². The lowest BCUT2D eigenvalue weighted by atomic mass is 9.92. The first-order chi connectivity index (χ1) is 6.72. The fourth-order valence-corrected chi connectivity index (χ4v) is 2.19. The van der Waals surface area contributed by atoms with Crippen molar-refractivity contribution in [3.63, 3.8) is 0 Å². The molecule has 0 radical (unpaired) electrons. The van der Waals surface area contributed by atoms with Gasteiger partial charge in [-0.1, -0.05) is 19.1 Å². The molecule has 1 nitrogen and oxygen atoms in total. The minimum absolute atomic E-state index is 0.0878. The van der Waals surface area contributed by atoms with Crippen molar-refractivity contribution >= 4 is 0 Å². The van der Waals surface area contributed by atoms with Crippen LogP contribution >= 0.6 is 0 Å². The maximum atomic E-state index is 13.4. The molecule has 1 aliphatic rings. The van der Waals surface area contributed by atoms with Crippen LogP contribution in [0, 0.1) is 17.7 Å². The Morgan fingerprint density at radius 2 is 2.29 bits per heavy atom. The van der Waals surface area contributed by atoms with Crippen LogP contribution in [0.25, 0.3) is 0 Å². The molecule has 2 heteroatoms. The number of benzene rings is 1. The minimum atomic E-state index is -0.0878. The van der Waals surface area contributed by atoms with Gasteiger partial charge in [-0.15, -0.1) is 0 Å². The van der Waals surface area contributed by atoms with Gasteiger partial charge >= 0.3 is 0 Å². The molecule has 0 fully saturated rings. The first-order valence-corrected chi connectivity index (χ1v) is 5.09. The molecule has 14 heavy (non-hydrogen) atoms. The zero-order chi connectivity index (χ0) is 10.1. The minimum Gasteiger partial charge on any atom is -0.396 e. The number of aliphatic hydroxyl groups is 1. The Morgan fingerprint density at radius 3 is 2.93 bits per heavy atom. The van der Waals surface area contributed by atoms with Crippen LogP contribution in [0.1, 0.15) is 18.1 Å². The van der Waals surface area contributed by atoms with Crippen molar-refractivity contribution in [2.24, 2.45) is 11.8 Å². The van der Waals surface area contributed by atoms with Crippen molar-refractivity contribution in [3.05, 3.63) is 35.1 Å². The van der Waals surface area contributed by atoms with E-state index in [1.54, 1.807) is 6.07 Å². The van der Waals surface area contributed by atoms with Crippen LogP contribution in [-0.4, -0.2) is 11.7 Å². The molecule has 0 bridgehead atoms. The van der Waals surface area contributed by atoms with Crippen molar-refractivity contribution in [2.45, 2.75) is 19.8 Å². The summed E-state index contributed by atoms with van der Waals surface area (Å²) in [5, 5.41) is 9.05. The molecule has 1 aromatic carbocycles. The zero-order valence-electron chi connectivity index (χ0n) is 8.33. The van der Waals surface area contributed by atoms with E-state index < -0.39 is 0 Å². The van der Waals surface area contributed by atoms with E-state index in [4.69, 9.17) is 5.11 Å². The van der Waals surface area contributed by atoms with Gasteiger partial charge in [-0.3, -0.25) is 0 Å². The number of hydrogen-bond acceptors (Lipinski definition) is 1. The molecule has 0 aliphatic heterocycles. The third-order valence-corrected chi connectivity index (χ3v) is 3.26. The molecular formula is C12H15FO. The topological polar surface area (TPSA) is 20.2 Å². The summed E-state index contributed by atoms with van der Waals surface area (Å²) in [6.07, 6.45) is 1.69. The highest BCUT2D eigenvalue weighted by Gasteiger charge is 2.27. The fourth-order valence-electron chi connectivity index (χ4n) is 2.19. The molecule has 2 atom stereocenters. The molecule has 2 rings (SSSR count). The van der Waals surface area contributed by atoms with Gasteiger partial charge in [0.1, 0.15) is 5.82 Å². The molecule has 0 aromatic heterocycles. The monoisotopic (exact) mass is 194 g/mol. The molecule has 0 spiro atoms. The third-order valence-electron chi connectivity index (χ3n) is 3.26. The van der Waals surface area contributed by atoms with Gasteiger partial charge < -0.3 is 5.11 Å². The van der Waals surface area contributed by atoms with Crippen LogP contribution in [0.4, 0.5) is 4.39 Å². The summed E-state index contributed by atoms with van der Waals surface area (Å²) in [6, 6.07) is 5.27.